The molecule has 0 unspecified atom stereocenters. The first-order valence-electron chi connectivity index (χ1n) is 7.19. The number of carbonyl (C=O) groups is 1. The first-order valence-corrected chi connectivity index (χ1v) is 8.67. The number of anilines is 1. The Morgan fingerprint density at radius 1 is 1.04 bits per heavy atom. The van der Waals surface area contributed by atoms with Gasteiger partial charge in [-0.2, -0.15) is 0 Å². The average molecular weight is 354 g/mol. The second kappa shape index (κ2) is 7.50. The van der Waals surface area contributed by atoms with Gasteiger partial charge in [0.05, 0.1) is 4.90 Å². The number of carbonyl (C=O) groups excluding carboxylic acids is 1. The number of benzene rings is 2. The monoisotopic (exact) mass is 354 g/mol. The summed E-state index contributed by atoms with van der Waals surface area (Å²) in [5.74, 6) is -2.42. The lowest BCUT2D eigenvalue weighted by molar-refractivity contribution is 0.102. The van der Waals surface area contributed by atoms with Crippen LogP contribution in [0.5, 0.6) is 0 Å². The zero-order valence-corrected chi connectivity index (χ0v) is 13.7. The highest BCUT2D eigenvalue weighted by Gasteiger charge is 2.14. The molecule has 5 nitrogen and oxygen atoms in total. The molecule has 0 aliphatic carbocycles. The number of nitrogens with one attached hydrogen (secondary N) is 2. The highest BCUT2D eigenvalue weighted by molar-refractivity contribution is 7.89. The number of halogens is 2. The topological polar surface area (TPSA) is 75.3 Å². The van der Waals surface area contributed by atoms with Crippen LogP contribution in [0.15, 0.2) is 47.4 Å². The molecule has 2 aromatic rings. The van der Waals surface area contributed by atoms with Crippen LogP contribution in [0.4, 0.5) is 14.5 Å². The summed E-state index contributed by atoms with van der Waals surface area (Å²) in [5.41, 5.74) is 0.132. The number of amides is 1. The van der Waals surface area contributed by atoms with Crippen LogP contribution in [0.1, 0.15) is 23.7 Å². The van der Waals surface area contributed by atoms with Gasteiger partial charge in [0.25, 0.3) is 5.91 Å². The van der Waals surface area contributed by atoms with Crippen LogP contribution in [-0.4, -0.2) is 20.9 Å². The molecule has 0 saturated heterocycles. The SMILES string of the molecule is CCCNS(=O)(=O)c1ccc(NC(=O)c2cc(F)cc(F)c2)cc1. The van der Waals surface area contributed by atoms with Crippen molar-refractivity contribution in [3.05, 3.63) is 59.7 Å². The van der Waals surface area contributed by atoms with Crippen LogP contribution in [0.2, 0.25) is 0 Å². The molecule has 24 heavy (non-hydrogen) atoms. The minimum atomic E-state index is -3.59. The standard InChI is InChI=1S/C16H16F2N2O3S/c1-2-7-19-24(22,23)15-5-3-14(4-6-15)20-16(21)11-8-12(17)10-13(18)9-11/h3-6,8-10,19H,2,7H2,1H3,(H,20,21). The van der Waals surface area contributed by atoms with Crippen molar-refractivity contribution in [1.29, 1.82) is 0 Å². The maximum Gasteiger partial charge on any atom is 0.255 e. The summed E-state index contributed by atoms with van der Waals surface area (Å²) < 4.78 is 52.5. The van der Waals surface area contributed by atoms with Gasteiger partial charge in [0.15, 0.2) is 0 Å². The van der Waals surface area contributed by atoms with Crippen LogP contribution in [0.3, 0.4) is 0 Å². The lowest BCUT2D eigenvalue weighted by atomic mass is 10.2. The van der Waals surface area contributed by atoms with E-state index < -0.39 is 27.6 Å². The van der Waals surface area contributed by atoms with Crippen molar-refractivity contribution >= 4 is 21.6 Å². The molecule has 0 bridgehead atoms. The van der Waals surface area contributed by atoms with Crippen molar-refractivity contribution < 1.29 is 22.0 Å². The molecule has 2 rings (SSSR count). The zero-order valence-electron chi connectivity index (χ0n) is 12.8. The Morgan fingerprint density at radius 2 is 1.62 bits per heavy atom. The van der Waals surface area contributed by atoms with E-state index in [0.717, 1.165) is 12.1 Å². The fourth-order valence-electron chi connectivity index (χ4n) is 1.93. The van der Waals surface area contributed by atoms with E-state index in [1.54, 1.807) is 0 Å². The predicted octanol–water partition coefficient (Wildman–Crippen LogP) is 2.91. The summed E-state index contributed by atoms with van der Waals surface area (Å²) in [6, 6.07) is 7.94. The Morgan fingerprint density at radius 3 is 2.17 bits per heavy atom. The molecule has 0 atom stereocenters. The van der Waals surface area contributed by atoms with Gasteiger partial charge in [-0.25, -0.2) is 21.9 Å². The Kier molecular flexibility index (Phi) is 5.63. The maximum atomic E-state index is 13.1. The average Bonchev–Trinajstić information content (AvgIpc) is 2.52. The van der Waals surface area contributed by atoms with Crippen molar-refractivity contribution in [3.8, 4) is 0 Å². The summed E-state index contributed by atoms with van der Waals surface area (Å²) in [6.45, 7) is 2.17. The molecule has 2 aromatic carbocycles. The summed E-state index contributed by atoms with van der Waals surface area (Å²) in [5, 5.41) is 2.45. The fourth-order valence-corrected chi connectivity index (χ4v) is 3.06. The zero-order chi connectivity index (χ0) is 17.7. The fraction of sp³-hybridized carbons (Fsp3) is 0.188. The van der Waals surface area contributed by atoms with E-state index in [1.807, 2.05) is 6.92 Å². The van der Waals surface area contributed by atoms with Gasteiger partial charge in [0, 0.05) is 23.9 Å². The van der Waals surface area contributed by atoms with Gasteiger partial charge in [0.1, 0.15) is 11.6 Å². The largest absolute Gasteiger partial charge is 0.322 e. The van der Waals surface area contributed by atoms with E-state index in [2.05, 4.69) is 10.0 Å². The maximum absolute atomic E-state index is 13.1. The second-order valence-electron chi connectivity index (χ2n) is 5.03. The number of hydrogen-bond acceptors (Lipinski definition) is 3. The van der Waals surface area contributed by atoms with E-state index in [-0.39, 0.29) is 10.5 Å². The molecule has 128 valence electrons. The number of rotatable bonds is 6. The molecule has 0 heterocycles. The van der Waals surface area contributed by atoms with Gasteiger partial charge < -0.3 is 5.32 Å². The van der Waals surface area contributed by atoms with Gasteiger partial charge in [-0.05, 0) is 42.8 Å². The van der Waals surface area contributed by atoms with E-state index in [9.17, 15) is 22.0 Å². The molecule has 0 radical (unpaired) electrons. The Labute approximate surface area is 138 Å². The van der Waals surface area contributed by atoms with Gasteiger partial charge in [-0.15, -0.1) is 0 Å². The molecule has 0 aliphatic rings. The number of sulfonamides is 1. The van der Waals surface area contributed by atoms with E-state index >= 15 is 0 Å². The molecule has 0 aromatic heterocycles. The first-order chi connectivity index (χ1) is 11.3. The first kappa shape index (κ1) is 18.0. The highest BCUT2D eigenvalue weighted by Crippen LogP contribution is 2.16. The minimum Gasteiger partial charge on any atom is -0.322 e. The highest BCUT2D eigenvalue weighted by atomic mass is 32.2. The van der Waals surface area contributed by atoms with E-state index in [0.29, 0.717) is 24.7 Å². The molecule has 1 amide bonds. The van der Waals surface area contributed by atoms with Crippen molar-refractivity contribution in [2.45, 2.75) is 18.2 Å². The normalized spacial score (nSPS) is 11.3. The summed E-state index contributed by atoms with van der Waals surface area (Å²) in [7, 11) is -3.59. The number of hydrogen-bond donors (Lipinski definition) is 2. The smallest absolute Gasteiger partial charge is 0.255 e. The van der Waals surface area contributed by atoms with Crippen molar-refractivity contribution in [2.75, 3.05) is 11.9 Å². The minimum absolute atomic E-state index is 0.0609. The van der Waals surface area contributed by atoms with Gasteiger partial charge in [-0.3, -0.25) is 4.79 Å². The van der Waals surface area contributed by atoms with Gasteiger partial charge in [-0.1, -0.05) is 6.92 Å². The molecule has 2 N–H and O–H groups in total. The summed E-state index contributed by atoms with van der Waals surface area (Å²) in [4.78, 5) is 12.0. The molecular weight excluding hydrogens is 338 g/mol. The second-order valence-corrected chi connectivity index (χ2v) is 6.80. The van der Waals surface area contributed by atoms with E-state index in [4.69, 9.17) is 0 Å². The Balaban J connectivity index is 2.12. The van der Waals surface area contributed by atoms with Gasteiger partial charge >= 0.3 is 0 Å². The van der Waals surface area contributed by atoms with Crippen molar-refractivity contribution in [3.63, 3.8) is 0 Å². The van der Waals surface area contributed by atoms with Crippen molar-refractivity contribution in [1.82, 2.24) is 4.72 Å². The third kappa shape index (κ3) is 4.59. The van der Waals surface area contributed by atoms with Crippen LogP contribution in [0.25, 0.3) is 0 Å². The molecular formula is C16H16F2N2O3S. The van der Waals surface area contributed by atoms with E-state index in [1.165, 1.54) is 24.3 Å². The third-order valence-electron chi connectivity index (χ3n) is 3.09. The van der Waals surface area contributed by atoms with Crippen LogP contribution < -0.4 is 10.0 Å². The Hall–Kier alpha value is -2.32. The summed E-state index contributed by atoms with van der Waals surface area (Å²) >= 11 is 0. The predicted molar refractivity (Wildman–Crippen MR) is 86.2 cm³/mol. The van der Waals surface area contributed by atoms with Crippen LogP contribution in [0, 0.1) is 11.6 Å². The lowest BCUT2D eigenvalue weighted by Gasteiger charge is -2.08. The van der Waals surface area contributed by atoms with Crippen LogP contribution >= 0.6 is 0 Å². The molecule has 0 saturated carbocycles. The third-order valence-corrected chi connectivity index (χ3v) is 4.57. The lowest BCUT2D eigenvalue weighted by Crippen LogP contribution is -2.24. The Bertz CT molecular complexity index is 817. The molecule has 0 aliphatic heterocycles. The van der Waals surface area contributed by atoms with Crippen molar-refractivity contribution in [2.24, 2.45) is 0 Å². The molecule has 8 heteroatoms. The molecule has 0 spiro atoms. The van der Waals surface area contributed by atoms with Gasteiger partial charge in [0.2, 0.25) is 10.0 Å². The van der Waals surface area contributed by atoms with Crippen LogP contribution in [-0.2, 0) is 10.0 Å². The quantitative estimate of drug-likeness (QED) is 0.838. The summed E-state index contributed by atoms with van der Waals surface area (Å²) in [6.07, 6.45) is 0.664. The molecule has 0 fully saturated rings.